The molecule has 2 aromatic rings. The SMILES string of the molecule is CN(CC(=O)Nc1ccc(C#N)c(Cl)c1)Cc1ccc2c(c1)OCCO2. The van der Waals surface area contributed by atoms with Crippen molar-refractivity contribution in [1.82, 2.24) is 4.90 Å². The maximum Gasteiger partial charge on any atom is 0.238 e. The first-order valence-corrected chi connectivity index (χ1v) is 8.49. The van der Waals surface area contributed by atoms with Crippen LogP contribution in [0.3, 0.4) is 0 Å². The minimum atomic E-state index is -0.161. The normalized spacial score (nSPS) is 12.5. The highest BCUT2D eigenvalue weighted by Gasteiger charge is 2.14. The topological polar surface area (TPSA) is 74.6 Å². The van der Waals surface area contributed by atoms with E-state index >= 15 is 0 Å². The summed E-state index contributed by atoms with van der Waals surface area (Å²) in [5, 5.41) is 12.0. The molecule has 0 aromatic heterocycles. The fourth-order valence-corrected chi connectivity index (χ4v) is 2.91. The Balaban J connectivity index is 1.56. The van der Waals surface area contributed by atoms with Crippen molar-refractivity contribution < 1.29 is 14.3 Å². The molecule has 0 atom stereocenters. The van der Waals surface area contributed by atoms with Crippen molar-refractivity contribution in [1.29, 1.82) is 5.26 Å². The minimum Gasteiger partial charge on any atom is -0.486 e. The lowest BCUT2D eigenvalue weighted by Crippen LogP contribution is -2.29. The number of likely N-dealkylation sites (N-methyl/N-ethyl adjacent to an activating group) is 1. The van der Waals surface area contributed by atoms with Crippen LogP contribution < -0.4 is 14.8 Å². The van der Waals surface area contributed by atoms with Crippen LogP contribution in [-0.4, -0.2) is 37.6 Å². The first-order chi connectivity index (χ1) is 12.5. The molecule has 0 unspecified atom stereocenters. The van der Waals surface area contributed by atoms with Crippen LogP contribution in [0.25, 0.3) is 0 Å². The van der Waals surface area contributed by atoms with Gasteiger partial charge in [-0.25, -0.2) is 0 Å². The number of hydrogen-bond acceptors (Lipinski definition) is 5. The first kappa shape index (κ1) is 18.1. The number of fused-ring (bicyclic) bond motifs is 1. The van der Waals surface area contributed by atoms with Crippen molar-refractivity contribution >= 4 is 23.2 Å². The van der Waals surface area contributed by atoms with E-state index in [1.165, 1.54) is 0 Å². The van der Waals surface area contributed by atoms with Crippen LogP contribution in [0.5, 0.6) is 11.5 Å². The monoisotopic (exact) mass is 371 g/mol. The largest absolute Gasteiger partial charge is 0.486 e. The minimum absolute atomic E-state index is 0.161. The molecule has 3 rings (SSSR count). The van der Waals surface area contributed by atoms with Gasteiger partial charge in [0, 0.05) is 12.2 Å². The maximum atomic E-state index is 12.2. The Hall–Kier alpha value is -2.75. The third-order valence-corrected chi connectivity index (χ3v) is 4.16. The lowest BCUT2D eigenvalue weighted by molar-refractivity contribution is -0.117. The molecule has 1 heterocycles. The van der Waals surface area contributed by atoms with Gasteiger partial charge in [-0.05, 0) is 42.9 Å². The number of rotatable bonds is 5. The average Bonchev–Trinajstić information content (AvgIpc) is 2.61. The summed E-state index contributed by atoms with van der Waals surface area (Å²) in [4.78, 5) is 14.1. The van der Waals surface area contributed by atoms with E-state index < -0.39 is 0 Å². The number of benzene rings is 2. The number of ether oxygens (including phenoxy) is 2. The number of hydrogen-bond donors (Lipinski definition) is 1. The summed E-state index contributed by atoms with van der Waals surface area (Å²) in [5.41, 5.74) is 1.97. The molecule has 6 nitrogen and oxygen atoms in total. The van der Waals surface area contributed by atoms with Gasteiger partial charge < -0.3 is 14.8 Å². The third-order valence-electron chi connectivity index (χ3n) is 3.85. The van der Waals surface area contributed by atoms with E-state index in [-0.39, 0.29) is 12.5 Å². The van der Waals surface area contributed by atoms with E-state index in [0.717, 1.165) is 17.1 Å². The molecule has 0 saturated heterocycles. The lowest BCUT2D eigenvalue weighted by Gasteiger charge is -2.21. The summed E-state index contributed by atoms with van der Waals surface area (Å²) < 4.78 is 11.1. The first-order valence-electron chi connectivity index (χ1n) is 8.12. The Bertz CT molecular complexity index is 864. The molecule has 7 heteroatoms. The molecule has 26 heavy (non-hydrogen) atoms. The summed E-state index contributed by atoms with van der Waals surface area (Å²) in [5.74, 6) is 1.32. The van der Waals surface area contributed by atoms with Crippen LogP contribution in [0.2, 0.25) is 5.02 Å². The van der Waals surface area contributed by atoms with Crippen molar-refractivity contribution in [2.24, 2.45) is 0 Å². The second-order valence-corrected chi connectivity index (χ2v) is 6.41. The number of halogens is 1. The standard InChI is InChI=1S/C19H18ClN3O3/c1-23(11-13-2-5-17-18(8-13)26-7-6-25-17)12-19(24)22-15-4-3-14(10-21)16(20)9-15/h2-5,8-9H,6-7,11-12H2,1H3,(H,22,24). The zero-order valence-corrected chi connectivity index (χ0v) is 15.0. The van der Waals surface area contributed by atoms with Crippen LogP contribution in [0.4, 0.5) is 5.69 Å². The van der Waals surface area contributed by atoms with E-state index in [4.69, 9.17) is 26.3 Å². The Labute approximate surface area is 156 Å². The number of nitrogens with one attached hydrogen (secondary N) is 1. The Morgan fingerprint density at radius 1 is 1.23 bits per heavy atom. The molecule has 1 aliphatic heterocycles. The Morgan fingerprint density at radius 2 is 2.00 bits per heavy atom. The number of carbonyl (C=O) groups is 1. The Morgan fingerprint density at radius 3 is 2.73 bits per heavy atom. The molecular weight excluding hydrogens is 354 g/mol. The van der Waals surface area contributed by atoms with Gasteiger partial charge in [-0.3, -0.25) is 9.69 Å². The molecule has 1 aliphatic rings. The second kappa shape index (κ2) is 8.09. The smallest absolute Gasteiger partial charge is 0.238 e. The molecule has 2 aromatic carbocycles. The summed E-state index contributed by atoms with van der Waals surface area (Å²) in [6.45, 7) is 1.91. The molecule has 0 saturated carbocycles. The van der Waals surface area contributed by atoms with E-state index in [2.05, 4.69) is 5.32 Å². The van der Waals surface area contributed by atoms with Crippen LogP contribution in [0.1, 0.15) is 11.1 Å². The second-order valence-electron chi connectivity index (χ2n) is 6.00. The summed E-state index contributed by atoms with van der Waals surface area (Å²) in [7, 11) is 1.86. The van der Waals surface area contributed by atoms with Gasteiger partial charge in [0.15, 0.2) is 11.5 Å². The van der Waals surface area contributed by atoms with Gasteiger partial charge in [0.05, 0.1) is 17.1 Å². The highest BCUT2D eigenvalue weighted by molar-refractivity contribution is 6.32. The van der Waals surface area contributed by atoms with Gasteiger partial charge in [0.2, 0.25) is 5.91 Å². The summed E-state index contributed by atoms with van der Waals surface area (Å²) in [6, 6.07) is 12.6. The van der Waals surface area contributed by atoms with Crippen LogP contribution in [-0.2, 0) is 11.3 Å². The fourth-order valence-electron chi connectivity index (χ4n) is 2.68. The van der Waals surface area contributed by atoms with Gasteiger partial charge in [-0.1, -0.05) is 17.7 Å². The number of amides is 1. The molecule has 134 valence electrons. The van der Waals surface area contributed by atoms with Crippen molar-refractivity contribution in [3.8, 4) is 17.6 Å². The maximum absolute atomic E-state index is 12.2. The summed E-state index contributed by atoms with van der Waals surface area (Å²) in [6.07, 6.45) is 0. The van der Waals surface area contributed by atoms with Gasteiger partial charge in [0.25, 0.3) is 0 Å². The van der Waals surface area contributed by atoms with Crippen LogP contribution in [0.15, 0.2) is 36.4 Å². The number of nitriles is 1. The predicted molar refractivity (Wildman–Crippen MR) is 98.6 cm³/mol. The van der Waals surface area contributed by atoms with Crippen molar-refractivity contribution in [3.63, 3.8) is 0 Å². The van der Waals surface area contributed by atoms with Gasteiger partial charge >= 0.3 is 0 Å². The van der Waals surface area contributed by atoms with Crippen LogP contribution in [0, 0.1) is 11.3 Å². The molecule has 0 fully saturated rings. The van der Waals surface area contributed by atoms with Crippen molar-refractivity contribution in [2.75, 3.05) is 32.1 Å². The lowest BCUT2D eigenvalue weighted by atomic mass is 10.2. The average molecular weight is 372 g/mol. The molecule has 0 radical (unpaired) electrons. The van der Waals surface area contributed by atoms with E-state index in [0.29, 0.717) is 36.0 Å². The van der Waals surface area contributed by atoms with Crippen molar-refractivity contribution in [3.05, 3.63) is 52.5 Å². The molecule has 0 aliphatic carbocycles. The van der Waals surface area contributed by atoms with E-state index in [1.807, 2.05) is 36.2 Å². The highest BCUT2D eigenvalue weighted by atomic mass is 35.5. The predicted octanol–water partition coefficient (Wildman–Crippen LogP) is 3.05. The number of anilines is 1. The van der Waals surface area contributed by atoms with E-state index in [1.54, 1.807) is 18.2 Å². The van der Waals surface area contributed by atoms with Gasteiger partial charge in [-0.15, -0.1) is 0 Å². The molecule has 1 N–H and O–H groups in total. The molecule has 1 amide bonds. The number of carbonyl (C=O) groups excluding carboxylic acids is 1. The molecule has 0 bridgehead atoms. The number of nitrogens with zero attached hydrogens (tertiary/aromatic N) is 2. The van der Waals surface area contributed by atoms with E-state index in [9.17, 15) is 4.79 Å². The molecular formula is C19H18ClN3O3. The highest BCUT2D eigenvalue weighted by Crippen LogP contribution is 2.31. The zero-order valence-electron chi connectivity index (χ0n) is 14.3. The fraction of sp³-hybridized carbons (Fsp3) is 0.263. The van der Waals surface area contributed by atoms with Crippen molar-refractivity contribution in [2.45, 2.75) is 6.54 Å². The quantitative estimate of drug-likeness (QED) is 0.874. The van der Waals surface area contributed by atoms with Gasteiger partial charge in [0.1, 0.15) is 19.3 Å². The van der Waals surface area contributed by atoms with Gasteiger partial charge in [-0.2, -0.15) is 5.26 Å². The Kier molecular flexibility index (Phi) is 5.61. The molecule has 0 spiro atoms. The zero-order chi connectivity index (χ0) is 18.5. The summed E-state index contributed by atoms with van der Waals surface area (Å²) >= 11 is 5.98. The third kappa shape index (κ3) is 4.45. The van der Waals surface area contributed by atoms with Crippen LogP contribution >= 0.6 is 11.6 Å².